The second kappa shape index (κ2) is 4.32. The van der Waals surface area contributed by atoms with Crippen LogP contribution in [0.4, 0.5) is 0 Å². The molecule has 2 aromatic rings. The minimum absolute atomic E-state index is 1.15. The average molecular weight is 223 g/mol. The van der Waals surface area contributed by atoms with E-state index in [1.807, 2.05) is 11.8 Å². The number of hydrogen-bond acceptors (Lipinski definition) is 3. The van der Waals surface area contributed by atoms with Crippen LogP contribution < -0.4 is 0 Å². The SMILES string of the molecule is CCCSc1nc2cc(C)ccc2s1. The van der Waals surface area contributed by atoms with Gasteiger partial charge in [-0.3, -0.25) is 0 Å². The van der Waals surface area contributed by atoms with Crippen LogP contribution in [0.15, 0.2) is 22.5 Å². The summed E-state index contributed by atoms with van der Waals surface area (Å²) in [5.41, 5.74) is 2.43. The van der Waals surface area contributed by atoms with Crippen molar-refractivity contribution in [1.29, 1.82) is 0 Å². The monoisotopic (exact) mass is 223 g/mol. The van der Waals surface area contributed by atoms with Gasteiger partial charge in [0.05, 0.1) is 10.2 Å². The van der Waals surface area contributed by atoms with E-state index in [9.17, 15) is 0 Å². The van der Waals surface area contributed by atoms with Gasteiger partial charge in [-0.2, -0.15) is 0 Å². The fourth-order valence-corrected chi connectivity index (χ4v) is 3.24. The molecule has 0 aliphatic carbocycles. The predicted octanol–water partition coefficient (Wildman–Crippen LogP) is 4.11. The summed E-state index contributed by atoms with van der Waals surface area (Å²) in [7, 11) is 0. The normalized spacial score (nSPS) is 11.0. The third-order valence-corrected chi connectivity index (χ3v) is 4.34. The van der Waals surface area contributed by atoms with Gasteiger partial charge in [0.25, 0.3) is 0 Å². The lowest BCUT2D eigenvalue weighted by Gasteiger charge is -1.89. The van der Waals surface area contributed by atoms with Gasteiger partial charge in [-0.1, -0.05) is 24.8 Å². The molecule has 0 unspecified atom stereocenters. The van der Waals surface area contributed by atoms with E-state index in [0.29, 0.717) is 0 Å². The standard InChI is InChI=1S/C11H13NS2/c1-3-6-13-11-12-9-7-8(2)4-5-10(9)14-11/h4-5,7H,3,6H2,1-2H3. The van der Waals surface area contributed by atoms with Crippen molar-refractivity contribution in [1.82, 2.24) is 4.98 Å². The molecular weight excluding hydrogens is 210 g/mol. The topological polar surface area (TPSA) is 12.9 Å². The van der Waals surface area contributed by atoms with Crippen molar-refractivity contribution in [2.24, 2.45) is 0 Å². The molecule has 1 nitrogen and oxygen atoms in total. The van der Waals surface area contributed by atoms with E-state index in [1.54, 1.807) is 11.3 Å². The van der Waals surface area contributed by atoms with Gasteiger partial charge in [-0.05, 0) is 31.0 Å². The summed E-state index contributed by atoms with van der Waals surface area (Å²) in [6.45, 7) is 4.31. The number of rotatable bonds is 3. The molecule has 0 atom stereocenters. The molecule has 1 aromatic carbocycles. The first-order chi connectivity index (χ1) is 6.79. The summed E-state index contributed by atoms with van der Waals surface area (Å²) in [4.78, 5) is 4.59. The fourth-order valence-electron chi connectivity index (χ4n) is 1.27. The zero-order chi connectivity index (χ0) is 9.97. The van der Waals surface area contributed by atoms with Gasteiger partial charge >= 0.3 is 0 Å². The molecule has 0 fully saturated rings. The molecule has 0 spiro atoms. The molecule has 14 heavy (non-hydrogen) atoms. The molecule has 0 saturated carbocycles. The van der Waals surface area contributed by atoms with Crippen LogP contribution in [0.25, 0.3) is 10.2 Å². The Morgan fingerprint density at radius 2 is 2.29 bits per heavy atom. The van der Waals surface area contributed by atoms with Gasteiger partial charge < -0.3 is 0 Å². The fraction of sp³-hybridized carbons (Fsp3) is 0.364. The predicted molar refractivity (Wildman–Crippen MR) is 65.4 cm³/mol. The number of hydrogen-bond donors (Lipinski definition) is 0. The molecule has 0 aliphatic rings. The van der Waals surface area contributed by atoms with Crippen molar-refractivity contribution >= 4 is 33.3 Å². The van der Waals surface area contributed by atoms with Crippen LogP contribution in [0.5, 0.6) is 0 Å². The van der Waals surface area contributed by atoms with Gasteiger partial charge in [-0.15, -0.1) is 11.3 Å². The number of aromatic nitrogens is 1. The Morgan fingerprint density at radius 3 is 3.07 bits per heavy atom. The molecule has 0 saturated heterocycles. The second-order valence-electron chi connectivity index (χ2n) is 3.30. The Balaban J connectivity index is 2.32. The highest BCUT2D eigenvalue weighted by molar-refractivity contribution is 8.01. The van der Waals surface area contributed by atoms with Crippen molar-refractivity contribution in [3.63, 3.8) is 0 Å². The summed E-state index contributed by atoms with van der Waals surface area (Å²) in [6, 6.07) is 6.47. The van der Waals surface area contributed by atoms with Gasteiger partial charge in [0.1, 0.15) is 0 Å². The van der Waals surface area contributed by atoms with Crippen LogP contribution in [-0.4, -0.2) is 10.7 Å². The number of thioether (sulfide) groups is 1. The van der Waals surface area contributed by atoms with Crippen LogP contribution in [0, 0.1) is 6.92 Å². The number of thiazole rings is 1. The minimum Gasteiger partial charge on any atom is -0.230 e. The average Bonchev–Trinajstić information content (AvgIpc) is 2.56. The van der Waals surface area contributed by atoms with Gasteiger partial charge in [0.2, 0.25) is 0 Å². The van der Waals surface area contributed by atoms with Crippen LogP contribution in [-0.2, 0) is 0 Å². The Kier molecular flexibility index (Phi) is 3.08. The molecule has 74 valence electrons. The first kappa shape index (κ1) is 9.99. The second-order valence-corrected chi connectivity index (χ2v) is 5.67. The van der Waals surface area contributed by atoms with E-state index < -0.39 is 0 Å². The Labute approximate surface area is 92.6 Å². The van der Waals surface area contributed by atoms with Gasteiger partial charge in [0.15, 0.2) is 4.34 Å². The largest absolute Gasteiger partial charge is 0.230 e. The minimum atomic E-state index is 1.15. The van der Waals surface area contributed by atoms with Crippen molar-refractivity contribution in [3.05, 3.63) is 23.8 Å². The van der Waals surface area contributed by atoms with Crippen LogP contribution in [0.2, 0.25) is 0 Å². The van der Waals surface area contributed by atoms with Crippen LogP contribution in [0.1, 0.15) is 18.9 Å². The maximum absolute atomic E-state index is 4.59. The highest BCUT2D eigenvalue weighted by Crippen LogP contribution is 2.30. The lowest BCUT2D eigenvalue weighted by molar-refractivity contribution is 1.10. The number of fused-ring (bicyclic) bond motifs is 1. The third-order valence-electron chi connectivity index (χ3n) is 1.95. The highest BCUT2D eigenvalue weighted by atomic mass is 32.2. The van der Waals surface area contributed by atoms with E-state index >= 15 is 0 Å². The van der Waals surface area contributed by atoms with E-state index in [1.165, 1.54) is 26.8 Å². The molecule has 2 rings (SSSR count). The summed E-state index contributed by atoms with van der Waals surface area (Å²) in [6.07, 6.45) is 1.21. The molecular formula is C11H13NS2. The highest BCUT2D eigenvalue weighted by Gasteiger charge is 2.03. The zero-order valence-electron chi connectivity index (χ0n) is 8.41. The number of nitrogens with zero attached hydrogens (tertiary/aromatic N) is 1. The molecule has 0 N–H and O–H groups in total. The molecule has 0 amide bonds. The summed E-state index contributed by atoms with van der Waals surface area (Å²) in [5, 5.41) is 0. The van der Waals surface area contributed by atoms with Gasteiger partial charge in [-0.25, -0.2) is 4.98 Å². The summed E-state index contributed by atoms with van der Waals surface area (Å²) in [5.74, 6) is 1.17. The molecule has 3 heteroatoms. The van der Waals surface area contributed by atoms with E-state index in [2.05, 4.69) is 37.0 Å². The Bertz CT molecular complexity index is 434. The number of aryl methyl sites for hydroxylation is 1. The Hall–Kier alpha value is -0.540. The van der Waals surface area contributed by atoms with Crippen LogP contribution >= 0.6 is 23.1 Å². The summed E-state index contributed by atoms with van der Waals surface area (Å²) >= 11 is 3.66. The molecule has 1 heterocycles. The van der Waals surface area contributed by atoms with Crippen molar-refractivity contribution in [2.75, 3.05) is 5.75 Å². The van der Waals surface area contributed by atoms with E-state index in [0.717, 1.165) is 5.52 Å². The zero-order valence-corrected chi connectivity index (χ0v) is 10.0. The lowest BCUT2D eigenvalue weighted by Crippen LogP contribution is -1.74. The molecule has 0 radical (unpaired) electrons. The summed E-state index contributed by atoms with van der Waals surface area (Å²) < 4.78 is 2.50. The number of benzene rings is 1. The van der Waals surface area contributed by atoms with Crippen molar-refractivity contribution in [3.8, 4) is 0 Å². The van der Waals surface area contributed by atoms with Crippen molar-refractivity contribution in [2.45, 2.75) is 24.6 Å². The molecule has 0 aliphatic heterocycles. The van der Waals surface area contributed by atoms with Crippen LogP contribution in [0.3, 0.4) is 0 Å². The Morgan fingerprint density at radius 1 is 1.43 bits per heavy atom. The smallest absolute Gasteiger partial charge is 0.151 e. The van der Waals surface area contributed by atoms with E-state index in [-0.39, 0.29) is 0 Å². The first-order valence-corrected chi connectivity index (χ1v) is 6.60. The van der Waals surface area contributed by atoms with Gasteiger partial charge in [0, 0.05) is 5.75 Å². The third kappa shape index (κ3) is 2.10. The molecule has 0 bridgehead atoms. The van der Waals surface area contributed by atoms with E-state index in [4.69, 9.17) is 0 Å². The maximum atomic E-state index is 4.59. The lowest BCUT2D eigenvalue weighted by atomic mass is 10.2. The van der Waals surface area contributed by atoms with Crippen molar-refractivity contribution < 1.29 is 0 Å². The molecule has 1 aromatic heterocycles. The first-order valence-electron chi connectivity index (χ1n) is 4.79. The quantitative estimate of drug-likeness (QED) is 0.726. The maximum Gasteiger partial charge on any atom is 0.151 e.